The van der Waals surface area contributed by atoms with Gasteiger partial charge in [-0.05, 0) is 44.9 Å². The van der Waals surface area contributed by atoms with Gasteiger partial charge in [0.05, 0.1) is 6.04 Å². The van der Waals surface area contributed by atoms with E-state index in [1.807, 2.05) is 71.0 Å². The number of hydrogen-bond acceptors (Lipinski definition) is 4. The number of nitrogens with one attached hydrogen (secondary N) is 1. The highest BCUT2D eigenvalue weighted by atomic mass is 16.6. The summed E-state index contributed by atoms with van der Waals surface area (Å²) in [4.78, 5) is 26.2. The summed E-state index contributed by atoms with van der Waals surface area (Å²) in [5.41, 5.74) is 1.39. The van der Waals surface area contributed by atoms with Crippen molar-refractivity contribution in [2.75, 3.05) is 19.0 Å². The van der Waals surface area contributed by atoms with Crippen LogP contribution in [0.4, 0.5) is 10.5 Å². The van der Waals surface area contributed by atoms with Crippen molar-refractivity contribution in [3.63, 3.8) is 0 Å². The first kappa shape index (κ1) is 20.0. The number of Topliss-reactive ketones (excluding diaryl/α,β-unsaturated/α-hetero) is 1. The molecule has 0 aliphatic heterocycles. The lowest BCUT2D eigenvalue weighted by atomic mass is 9.99. The molecule has 1 amide bonds. The number of carbonyl (C=O) groups is 2. The van der Waals surface area contributed by atoms with Crippen LogP contribution in [0.15, 0.2) is 24.3 Å². The minimum Gasteiger partial charge on any atom is -0.444 e. The first-order valence-corrected chi connectivity index (χ1v) is 8.41. The van der Waals surface area contributed by atoms with Crippen LogP contribution >= 0.6 is 0 Å². The number of nitrogens with zero attached hydrogens (tertiary/aromatic N) is 1. The van der Waals surface area contributed by atoms with Crippen LogP contribution in [-0.4, -0.2) is 31.6 Å². The van der Waals surface area contributed by atoms with Gasteiger partial charge in [-0.1, -0.05) is 19.1 Å². The molecule has 1 aromatic rings. The fourth-order valence-electron chi connectivity index (χ4n) is 2.32. The number of ketones is 1. The standard InChI is InChI=1S/C19H30N2O3/c1-7-8-16(22)13-17(20-18(23)24-19(2,3)4)14-9-11-15(12-10-14)21(5)6/h9-12,17H,7-8,13H2,1-6H3,(H,20,23)/t17-/m0/s1. The van der Waals surface area contributed by atoms with E-state index in [2.05, 4.69) is 5.32 Å². The van der Waals surface area contributed by atoms with E-state index in [1.165, 1.54) is 0 Å². The zero-order valence-corrected chi connectivity index (χ0v) is 15.7. The topological polar surface area (TPSA) is 58.6 Å². The second kappa shape index (κ2) is 8.71. The van der Waals surface area contributed by atoms with Crippen molar-refractivity contribution in [1.29, 1.82) is 0 Å². The Labute approximate surface area is 145 Å². The van der Waals surface area contributed by atoms with Gasteiger partial charge >= 0.3 is 6.09 Å². The molecule has 0 unspecified atom stereocenters. The SMILES string of the molecule is CCCC(=O)C[C@H](NC(=O)OC(C)(C)C)c1ccc(N(C)C)cc1. The van der Waals surface area contributed by atoms with Crippen molar-refractivity contribution < 1.29 is 14.3 Å². The Morgan fingerprint density at radius 3 is 2.21 bits per heavy atom. The van der Waals surface area contributed by atoms with Crippen molar-refractivity contribution in [3.05, 3.63) is 29.8 Å². The van der Waals surface area contributed by atoms with Crippen molar-refractivity contribution in [1.82, 2.24) is 5.32 Å². The first-order chi connectivity index (χ1) is 11.1. The Morgan fingerprint density at radius 1 is 1.17 bits per heavy atom. The van der Waals surface area contributed by atoms with Gasteiger partial charge in [-0.3, -0.25) is 4.79 Å². The molecule has 0 radical (unpaired) electrons. The molecule has 0 saturated carbocycles. The molecule has 0 spiro atoms. The van der Waals surface area contributed by atoms with E-state index >= 15 is 0 Å². The van der Waals surface area contributed by atoms with E-state index in [9.17, 15) is 9.59 Å². The number of hydrogen-bond donors (Lipinski definition) is 1. The predicted octanol–water partition coefficient (Wildman–Crippen LogP) is 4.08. The maximum absolute atomic E-state index is 12.1. The van der Waals surface area contributed by atoms with Crippen molar-refractivity contribution >= 4 is 17.6 Å². The minimum absolute atomic E-state index is 0.134. The van der Waals surface area contributed by atoms with Crippen LogP contribution in [0.3, 0.4) is 0 Å². The number of amides is 1. The molecular weight excluding hydrogens is 304 g/mol. The fraction of sp³-hybridized carbons (Fsp3) is 0.579. The Balaban J connectivity index is 2.91. The molecule has 1 N–H and O–H groups in total. The fourth-order valence-corrected chi connectivity index (χ4v) is 2.32. The van der Waals surface area contributed by atoms with Gasteiger partial charge < -0.3 is 15.0 Å². The Hall–Kier alpha value is -2.04. The maximum Gasteiger partial charge on any atom is 0.408 e. The van der Waals surface area contributed by atoms with E-state index in [1.54, 1.807) is 0 Å². The van der Waals surface area contributed by atoms with Crippen LogP contribution in [0.1, 0.15) is 58.6 Å². The van der Waals surface area contributed by atoms with Gasteiger partial charge in [0.2, 0.25) is 0 Å². The average Bonchev–Trinajstić information content (AvgIpc) is 2.45. The van der Waals surface area contributed by atoms with Gasteiger partial charge in [0.25, 0.3) is 0 Å². The normalized spacial score (nSPS) is 12.4. The van der Waals surface area contributed by atoms with E-state index in [0.29, 0.717) is 6.42 Å². The highest BCUT2D eigenvalue weighted by molar-refractivity contribution is 5.80. The number of rotatable bonds is 7. The number of alkyl carbamates (subject to hydrolysis) is 1. The molecule has 1 rings (SSSR count). The lowest BCUT2D eigenvalue weighted by molar-refractivity contribution is -0.119. The second-order valence-electron chi connectivity index (χ2n) is 7.18. The molecule has 0 heterocycles. The largest absolute Gasteiger partial charge is 0.444 e. The molecule has 5 nitrogen and oxygen atoms in total. The minimum atomic E-state index is -0.573. The number of carbonyl (C=O) groups excluding carboxylic acids is 2. The van der Waals surface area contributed by atoms with Crippen LogP contribution < -0.4 is 10.2 Å². The first-order valence-electron chi connectivity index (χ1n) is 8.41. The average molecular weight is 334 g/mol. The van der Waals surface area contributed by atoms with E-state index in [4.69, 9.17) is 4.74 Å². The smallest absolute Gasteiger partial charge is 0.408 e. The summed E-state index contributed by atoms with van der Waals surface area (Å²) >= 11 is 0. The van der Waals surface area contributed by atoms with Gasteiger partial charge in [0, 0.05) is 32.6 Å². The molecule has 0 aromatic heterocycles. The molecule has 0 fully saturated rings. The number of ether oxygens (including phenoxy) is 1. The van der Waals surface area contributed by atoms with Gasteiger partial charge in [-0.2, -0.15) is 0 Å². The lowest BCUT2D eigenvalue weighted by Gasteiger charge is -2.24. The number of anilines is 1. The van der Waals surface area contributed by atoms with E-state index < -0.39 is 11.7 Å². The molecule has 1 aromatic carbocycles. The maximum atomic E-state index is 12.1. The highest BCUT2D eigenvalue weighted by Gasteiger charge is 2.22. The van der Waals surface area contributed by atoms with Gasteiger partial charge in [0.15, 0.2) is 0 Å². The van der Waals surface area contributed by atoms with Gasteiger partial charge in [-0.15, -0.1) is 0 Å². The quantitative estimate of drug-likeness (QED) is 0.816. The Kier molecular flexibility index (Phi) is 7.26. The zero-order valence-electron chi connectivity index (χ0n) is 15.7. The highest BCUT2D eigenvalue weighted by Crippen LogP contribution is 2.22. The lowest BCUT2D eigenvalue weighted by Crippen LogP contribution is -2.35. The molecule has 24 heavy (non-hydrogen) atoms. The third kappa shape index (κ3) is 7.02. The van der Waals surface area contributed by atoms with Crippen molar-refractivity contribution in [3.8, 4) is 0 Å². The zero-order chi connectivity index (χ0) is 18.3. The second-order valence-corrected chi connectivity index (χ2v) is 7.18. The molecule has 5 heteroatoms. The molecule has 134 valence electrons. The van der Waals surface area contributed by atoms with Gasteiger partial charge in [-0.25, -0.2) is 4.79 Å². The summed E-state index contributed by atoms with van der Waals surface area (Å²) in [5.74, 6) is 0.134. The summed E-state index contributed by atoms with van der Waals surface area (Å²) in [5, 5.41) is 2.83. The van der Waals surface area contributed by atoms with Crippen molar-refractivity contribution in [2.45, 2.75) is 58.6 Å². The molecule has 0 aliphatic rings. The van der Waals surface area contributed by atoms with E-state index in [-0.39, 0.29) is 18.2 Å². The third-order valence-corrected chi connectivity index (χ3v) is 3.46. The Bertz CT molecular complexity index is 545. The summed E-state index contributed by atoms with van der Waals surface area (Å²) in [7, 11) is 3.94. The predicted molar refractivity (Wildman–Crippen MR) is 97.4 cm³/mol. The summed E-state index contributed by atoms with van der Waals surface area (Å²) in [6.07, 6.45) is 1.09. The van der Waals surface area contributed by atoms with Crippen LogP contribution in [0, 0.1) is 0 Å². The molecule has 1 atom stereocenters. The molecule has 0 saturated heterocycles. The van der Waals surface area contributed by atoms with Crippen LogP contribution in [0.2, 0.25) is 0 Å². The molecule has 0 aliphatic carbocycles. The summed E-state index contributed by atoms with van der Waals surface area (Å²) < 4.78 is 5.32. The number of benzene rings is 1. The van der Waals surface area contributed by atoms with Crippen LogP contribution in [-0.2, 0) is 9.53 Å². The third-order valence-electron chi connectivity index (χ3n) is 3.46. The molecule has 0 bridgehead atoms. The van der Waals surface area contributed by atoms with E-state index in [0.717, 1.165) is 17.7 Å². The van der Waals surface area contributed by atoms with Crippen molar-refractivity contribution in [2.24, 2.45) is 0 Å². The summed E-state index contributed by atoms with van der Waals surface area (Å²) in [6, 6.07) is 7.45. The van der Waals surface area contributed by atoms with Gasteiger partial charge in [0.1, 0.15) is 11.4 Å². The molecular formula is C19H30N2O3. The van der Waals surface area contributed by atoms with Crippen LogP contribution in [0.5, 0.6) is 0 Å². The van der Waals surface area contributed by atoms with Crippen LogP contribution in [0.25, 0.3) is 0 Å². The summed E-state index contributed by atoms with van der Waals surface area (Å²) in [6.45, 7) is 7.42. The monoisotopic (exact) mass is 334 g/mol. The Morgan fingerprint density at radius 2 is 1.75 bits per heavy atom.